The van der Waals surface area contributed by atoms with Crippen LogP contribution in [0.15, 0.2) is 41.8 Å². The highest BCUT2D eigenvalue weighted by atomic mass is 35.5. The Morgan fingerprint density at radius 3 is 2.59 bits per heavy atom. The van der Waals surface area contributed by atoms with Gasteiger partial charge < -0.3 is 9.30 Å². The second-order valence-corrected chi connectivity index (χ2v) is 8.66. The van der Waals surface area contributed by atoms with E-state index in [9.17, 15) is 0 Å². The zero-order valence-electron chi connectivity index (χ0n) is 16.1. The fourth-order valence-electron chi connectivity index (χ4n) is 2.87. The molecule has 0 bridgehead atoms. The molecule has 2 rings (SSSR count). The molecule has 0 saturated carbocycles. The summed E-state index contributed by atoms with van der Waals surface area (Å²) in [4.78, 5) is 5.17. The Bertz CT molecular complexity index is 637. The number of nitrogens with zero attached hydrogens (tertiary/aromatic N) is 2. The van der Waals surface area contributed by atoms with E-state index < -0.39 is 0 Å². The SMILES string of the molecule is CCCCCCCCCOC(CSc1ccc(Cl)cc1Cl)Cn1ccnc1. The maximum atomic E-state index is 6.29. The monoisotopic (exact) mass is 428 g/mol. The van der Waals surface area contributed by atoms with E-state index in [-0.39, 0.29) is 6.10 Å². The molecule has 0 N–H and O–H groups in total. The fourth-order valence-corrected chi connectivity index (χ4v) is 4.37. The van der Waals surface area contributed by atoms with Crippen molar-refractivity contribution in [3.05, 3.63) is 47.0 Å². The maximum absolute atomic E-state index is 6.29. The molecule has 0 amide bonds. The van der Waals surface area contributed by atoms with Crippen molar-refractivity contribution >= 4 is 35.0 Å². The smallest absolute Gasteiger partial charge is 0.0946 e. The van der Waals surface area contributed by atoms with E-state index in [0.29, 0.717) is 10.0 Å². The molecule has 0 aliphatic carbocycles. The van der Waals surface area contributed by atoms with Crippen molar-refractivity contribution in [2.75, 3.05) is 12.4 Å². The first-order valence-electron chi connectivity index (χ1n) is 9.84. The fraction of sp³-hybridized carbons (Fsp3) is 0.571. The van der Waals surface area contributed by atoms with Crippen LogP contribution in [0.3, 0.4) is 0 Å². The van der Waals surface area contributed by atoms with Crippen LogP contribution >= 0.6 is 35.0 Å². The van der Waals surface area contributed by atoms with Gasteiger partial charge in [-0.25, -0.2) is 4.98 Å². The van der Waals surface area contributed by atoms with E-state index in [1.165, 1.54) is 38.5 Å². The first-order chi connectivity index (χ1) is 13.2. The van der Waals surface area contributed by atoms with Gasteiger partial charge in [0.05, 0.1) is 24.0 Å². The quantitative estimate of drug-likeness (QED) is 0.236. The first kappa shape index (κ1) is 22.6. The lowest BCUT2D eigenvalue weighted by Crippen LogP contribution is -2.23. The predicted molar refractivity (Wildman–Crippen MR) is 117 cm³/mol. The molecule has 1 unspecified atom stereocenters. The molecule has 0 aliphatic rings. The van der Waals surface area contributed by atoms with Crippen molar-refractivity contribution in [3.8, 4) is 0 Å². The molecule has 0 aliphatic heterocycles. The molecule has 150 valence electrons. The minimum Gasteiger partial charge on any atom is -0.375 e. The normalized spacial score (nSPS) is 12.4. The third kappa shape index (κ3) is 9.38. The van der Waals surface area contributed by atoms with E-state index in [1.807, 2.05) is 24.7 Å². The molecule has 3 nitrogen and oxygen atoms in total. The molecule has 1 aromatic carbocycles. The number of imidazole rings is 1. The van der Waals surface area contributed by atoms with Gasteiger partial charge in [0, 0.05) is 34.7 Å². The summed E-state index contributed by atoms with van der Waals surface area (Å²) in [5.41, 5.74) is 0. The Morgan fingerprint density at radius 1 is 1.11 bits per heavy atom. The third-order valence-electron chi connectivity index (χ3n) is 4.39. The minimum absolute atomic E-state index is 0.121. The van der Waals surface area contributed by atoms with Crippen LogP contribution in [-0.4, -0.2) is 28.0 Å². The summed E-state index contributed by atoms with van der Waals surface area (Å²) in [6.07, 6.45) is 14.8. The lowest BCUT2D eigenvalue weighted by atomic mass is 10.1. The topological polar surface area (TPSA) is 27.1 Å². The predicted octanol–water partition coefficient (Wildman–Crippen LogP) is 7.12. The zero-order chi connectivity index (χ0) is 19.3. The zero-order valence-corrected chi connectivity index (χ0v) is 18.4. The second-order valence-electron chi connectivity index (χ2n) is 6.76. The number of aromatic nitrogens is 2. The summed E-state index contributed by atoms with van der Waals surface area (Å²) >= 11 is 14.0. The van der Waals surface area contributed by atoms with E-state index in [2.05, 4.69) is 16.5 Å². The lowest BCUT2D eigenvalue weighted by Gasteiger charge is -2.18. The van der Waals surface area contributed by atoms with Gasteiger partial charge in [0.15, 0.2) is 0 Å². The summed E-state index contributed by atoms with van der Waals surface area (Å²) in [7, 11) is 0. The Hall–Kier alpha value is -0.680. The van der Waals surface area contributed by atoms with Gasteiger partial charge in [-0.2, -0.15) is 0 Å². The number of benzene rings is 1. The van der Waals surface area contributed by atoms with Gasteiger partial charge in [0.1, 0.15) is 0 Å². The maximum Gasteiger partial charge on any atom is 0.0946 e. The van der Waals surface area contributed by atoms with Crippen LogP contribution in [0.25, 0.3) is 0 Å². The average Bonchev–Trinajstić information content (AvgIpc) is 3.16. The van der Waals surface area contributed by atoms with Crippen molar-refractivity contribution in [2.24, 2.45) is 0 Å². The van der Waals surface area contributed by atoms with Gasteiger partial charge in [-0.15, -0.1) is 11.8 Å². The van der Waals surface area contributed by atoms with Crippen molar-refractivity contribution in [1.29, 1.82) is 0 Å². The van der Waals surface area contributed by atoms with Crippen LogP contribution in [0.1, 0.15) is 51.9 Å². The Balaban J connectivity index is 1.75. The number of unbranched alkanes of at least 4 members (excludes halogenated alkanes) is 6. The van der Waals surface area contributed by atoms with E-state index in [0.717, 1.165) is 30.2 Å². The Kier molecular flexibility index (Phi) is 11.3. The van der Waals surface area contributed by atoms with Crippen LogP contribution in [0.4, 0.5) is 0 Å². The van der Waals surface area contributed by atoms with Gasteiger partial charge in [0.25, 0.3) is 0 Å². The summed E-state index contributed by atoms with van der Waals surface area (Å²) in [5.74, 6) is 0.843. The lowest BCUT2D eigenvalue weighted by molar-refractivity contribution is 0.0548. The molecule has 1 aromatic heterocycles. The highest BCUT2D eigenvalue weighted by Gasteiger charge is 2.12. The molecular weight excluding hydrogens is 399 g/mol. The van der Waals surface area contributed by atoms with Gasteiger partial charge in [-0.05, 0) is 24.6 Å². The molecule has 6 heteroatoms. The highest BCUT2D eigenvalue weighted by Crippen LogP contribution is 2.30. The standard InChI is InChI=1S/C21H30Cl2N2OS/c1-2-3-4-5-6-7-8-13-26-19(15-25-12-11-24-17-25)16-27-21-10-9-18(22)14-20(21)23/h9-12,14,17,19H,2-8,13,15-16H2,1H3. The van der Waals surface area contributed by atoms with E-state index in [1.54, 1.807) is 24.0 Å². The van der Waals surface area contributed by atoms with Crippen LogP contribution < -0.4 is 0 Å². The third-order valence-corrected chi connectivity index (χ3v) is 6.26. The van der Waals surface area contributed by atoms with Gasteiger partial charge in [0.2, 0.25) is 0 Å². The van der Waals surface area contributed by atoms with Gasteiger partial charge in [-0.3, -0.25) is 0 Å². The first-order valence-corrected chi connectivity index (χ1v) is 11.6. The summed E-state index contributed by atoms with van der Waals surface area (Å²) < 4.78 is 8.26. The number of halogens is 2. The molecule has 0 fully saturated rings. The van der Waals surface area contributed by atoms with Crippen LogP contribution in [0.5, 0.6) is 0 Å². The van der Waals surface area contributed by atoms with Crippen molar-refractivity contribution in [3.63, 3.8) is 0 Å². The number of hydrogen-bond donors (Lipinski definition) is 0. The van der Waals surface area contributed by atoms with E-state index >= 15 is 0 Å². The number of ether oxygens (including phenoxy) is 1. The second kappa shape index (κ2) is 13.5. The van der Waals surface area contributed by atoms with Crippen molar-refractivity contribution < 1.29 is 4.74 Å². The van der Waals surface area contributed by atoms with E-state index in [4.69, 9.17) is 27.9 Å². The number of rotatable bonds is 14. The Morgan fingerprint density at radius 2 is 1.89 bits per heavy atom. The Labute approximate surface area is 177 Å². The van der Waals surface area contributed by atoms with Crippen molar-refractivity contribution in [2.45, 2.75) is 69.4 Å². The molecule has 0 radical (unpaired) electrons. The molecule has 1 heterocycles. The van der Waals surface area contributed by atoms with Crippen LogP contribution in [0.2, 0.25) is 10.0 Å². The molecule has 27 heavy (non-hydrogen) atoms. The average molecular weight is 429 g/mol. The number of hydrogen-bond acceptors (Lipinski definition) is 3. The molecule has 0 saturated heterocycles. The molecule has 2 aromatic rings. The summed E-state index contributed by atoms with van der Waals surface area (Å²) in [6.45, 7) is 3.86. The van der Waals surface area contributed by atoms with Crippen LogP contribution in [-0.2, 0) is 11.3 Å². The molecule has 0 spiro atoms. The molecular formula is C21H30Cl2N2OS. The van der Waals surface area contributed by atoms with Crippen molar-refractivity contribution in [1.82, 2.24) is 9.55 Å². The summed E-state index contributed by atoms with van der Waals surface area (Å²) in [6, 6.07) is 5.63. The van der Waals surface area contributed by atoms with Gasteiger partial charge >= 0.3 is 0 Å². The minimum atomic E-state index is 0.121. The van der Waals surface area contributed by atoms with Crippen LogP contribution in [0, 0.1) is 0 Å². The van der Waals surface area contributed by atoms with Gasteiger partial charge in [-0.1, -0.05) is 68.7 Å². The summed E-state index contributed by atoms with van der Waals surface area (Å²) in [5, 5.41) is 1.36. The molecule has 1 atom stereocenters. The number of thioether (sulfide) groups is 1. The highest BCUT2D eigenvalue weighted by molar-refractivity contribution is 7.99. The largest absolute Gasteiger partial charge is 0.375 e.